The number of likely N-dealkylation sites (tertiary alicyclic amines) is 1. The summed E-state index contributed by atoms with van der Waals surface area (Å²) in [4.78, 5) is 3.89. The number of nitrogens with zero attached hydrogens (tertiary/aromatic N) is 1. The van der Waals surface area contributed by atoms with Gasteiger partial charge in [0.2, 0.25) is 0 Å². The number of thiophene rings is 1. The van der Waals surface area contributed by atoms with E-state index in [1.54, 1.807) is 11.3 Å². The largest absolute Gasteiger partial charge is 0.296 e. The van der Waals surface area contributed by atoms with Gasteiger partial charge in [0, 0.05) is 22.9 Å². The fourth-order valence-electron chi connectivity index (χ4n) is 3.04. The molecule has 1 aliphatic rings. The number of rotatable bonds is 6. The van der Waals surface area contributed by atoms with Crippen LogP contribution in [-0.4, -0.2) is 29.6 Å². The fraction of sp³-hybridized carbons (Fsp3) is 0.714. The Balaban J connectivity index is 2.13. The Hall–Kier alpha value is -0.130. The molecule has 1 aromatic heterocycles. The van der Waals surface area contributed by atoms with E-state index in [-0.39, 0.29) is 11.6 Å². The van der Waals surface area contributed by atoms with Crippen LogP contribution in [0.15, 0.2) is 12.1 Å². The van der Waals surface area contributed by atoms with Crippen molar-refractivity contribution in [3.63, 3.8) is 0 Å². The zero-order valence-corrected chi connectivity index (χ0v) is 13.4. The Morgan fingerprint density at radius 2 is 2.16 bits per heavy atom. The van der Waals surface area contributed by atoms with Gasteiger partial charge in [-0.3, -0.25) is 16.2 Å². The van der Waals surface area contributed by atoms with Crippen molar-refractivity contribution in [1.29, 1.82) is 0 Å². The van der Waals surface area contributed by atoms with Crippen LogP contribution < -0.4 is 11.3 Å². The molecule has 2 atom stereocenters. The highest BCUT2D eigenvalue weighted by molar-refractivity contribution is 7.16. The van der Waals surface area contributed by atoms with Gasteiger partial charge in [-0.2, -0.15) is 0 Å². The summed E-state index contributed by atoms with van der Waals surface area (Å²) >= 11 is 7.67. The molecule has 1 aliphatic heterocycles. The van der Waals surface area contributed by atoms with Crippen LogP contribution in [-0.2, 0) is 6.42 Å². The highest BCUT2D eigenvalue weighted by Crippen LogP contribution is 2.31. The first-order valence-electron chi connectivity index (χ1n) is 7.05. The maximum atomic E-state index is 6.02. The summed E-state index contributed by atoms with van der Waals surface area (Å²) in [5.41, 5.74) is 3.16. The summed E-state index contributed by atoms with van der Waals surface area (Å²) in [6, 6.07) is 4.33. The van der Waals surface area contributed by atoms with Gasteiger partial charge in [-0.15, -0.1) is 11.3 Å². The number of nitrogens with one attached hydrogen (secondary N) is 1. The van der Waals surface area contributed by atoms with E-state index in [2.05, 4.69) is 30.2 Å². The Bertz CT molecular complexity index is 403. The van der Waals surface area contributed by atoms with Gasteiger partial charge in [0.1, 0.15) is 0 Å². The molecule has 3 nitrogen and oxygen atoms in total. The van der Waals surface area contributed by atoms with Crippen molar-refractivity contribution in [2.75, 3.05) is 13.1 Å². The first-order valence-corrected chi connectivity index (χ1v) is 8.25. The quantitative estimate of drug-likeness (QED) is 0.627. The lowest BCUT2D eigenvalue weighted by molar-refractivity contribution is 0.0844. The normalized spacial score (nSPS) is 21.5. The molecule has 5 heteroatoms. The van der Waals surface area contributed by atoms with E-state index in [1.807, 2.05) is 6.07 Å². The zero-order valence-electron chi connectivity index (χ0n) is 11.8. The van der Waals surface area contributed by atoms with Crippen molar-refractivity contribution in [3.8, 4) is 0 Å². The third kappa shape index (κ3) is 3.31. The Kier molecular flexibility index (Phi) is 5.26. The van der Waals surface area contributed by atoms with Crippen LogP contribution in [0.5, 0.6) is 0 Å². The van der Waals surface area contributed by atoms with Crippen molar-refractivity contribution in [1.82, 2.24) is 10.3 Å². The van der Waals surface area contributed by atoms with E-state index in [1.165, 1.54) is 30.8 Å². The van der Waals surface area contributed by atoms with Crippen molar-refractivity contribution >= 4 is 22.9 Å². The van der Waals surface area contributed by atoms with Gasteiger partial charge in [-0.25, -0.2) is 0 Å². The van der Waals surface area contributed by atoms with Crippen molar-refractivity contribution in [2.24, 2.45) is 5.84 Å². The molecule has 0 amide bonds. The minimum atomic E-state index is 0.113. The van der Waals surface area contributed by atoms with Crippen LogP contribution in [0.25, 0.3) is 0 Å². The second-order valence-corrected chi connectivity index (χ2v) is 7.33. The lowest BCUT2D eigenvalue weighted by Crippen LogP contribution is -2.60. The first kappa shape index (κ1) is 15.3. The van der Waals surface area contributed by atoms with E-state index in [9.17, 15) is 0 Å². The summed E-state index contributed by atoms with van der Waals surface area (Å²) in [5.74, 6) is 5.85. The smallest absolute Gasteiger partial charge is 0.0931 e. The Labute approximate surface area is 125 Å². The van der Waals surface area contributed by atoms with Gasteiger partial charge in [0.25, 0.3) is 0 Å². The highest BCUT2D eigenvalue weighted by atomic mass is 35.5. The molecular weight excluding hydrogens is 278 g/mol. The molecule has 0 bridgehead atoms. The SMILES string of the molecule is CCC(C)(C(Cc1ccc(Cl)s1)NN)N1CCCC1. The molecule has 1 fully saturated rings. The predicted octanol–water partition coefficient (Wildman–Crippen LogP) is 3.04. The maximum absolute atomic E-state index is 6.02. The minimum Gasteiger partial charge on any atom is -0.296 e. The lowest BCUT2D eigenvalue weighted by Gasteiger charge is -2.44. The topological polar surface area (TPSA) is 41.3 Å². The van der Waals surface area contributed by atoms with E-state index in [0.29, 0.717) is 0 Å². The summed E-state index contributed by atoms with van der Waals surface area (Å²) in [6.45, 7) is 6.96. The van der Waals surface area contributed by atoms with Crippen molar-refractivity contribution < 1.29 is 0 Å². The van der Waals surface area contributed by atoms with Gasteiger partial charge < -0.3 is 0 Å². The molecule has 2 unspecified atom stereocenters. The lowest BCUT2D eigenvalue weighted by atomic mass is 9.85. The molecule has 1 aromatic rings. The van der Waals surface area contributed by atoms with Crippen LogP contribution in [0.3, 0.4) is 0 Å². The van der Waals surface area contributed by atoms with Crippen LogP contribution in [0, 0.1) is 0 Å². The van der Waals surface area contributed by atoms with Crippen LogP contribution >= 0.6 is 22.9 Å². The van der Waals surface area contributed by atoms with Gasteiger partial charge >= 0.3 is 0 Å². The number of hydrogen-bond acceptors (Lipinski definition) is 4. The second kappa shape index (κ2) is 6.55. The molecule has 2 rings (SSSR count). The number of hydrazine groups is 1. The average molecular weight is 302 g/mol. The molecular formula is C14H24ClN3S. The van der Waals surface area contributed by atoms with Gasteiger partial charge in [0.15, 0.2) is 0 Å². The summed E-state index contributed by atoms with van der Waals surface area (Å²) in [6.07, 6.45) is 4.64. The van der Waals surface area contributed by atoms with Gasteiger partial charge in [-0.05, 0) is 51.4 Å². The predicted molar refractivity (Wildman–Crippen MR) is 83.6 cm³/mol. The molecule has 0 radical (unpaired) electrons. The molecule has 3 N–H and O–H groups in total. The monoisotopic (exact) mass is 301 g/mol. The molecule has 0 saturated carbocycles. The molecule has 0 spiro atoms. The van der Waals surface area contributed by atoms with Gasteiger partial charge in [-0.1, -0.05) is 18.5 Å². The fourth-order valence-corrected chi connectivity index (χ4v) is 4.17. The third-order valence-corrected chi connectivity index (χ3v) is 5.78. The van der Waals surface area contributed by atoms with E-state index < -0.39 is 0 Å². The first-order chi connectivity index (χ1) is 9.10. The van der Waals surface area contributed by atoms with Crippen LogP contribution in [0.4, 0.5) is 0 Å². The number of halogens is 1. The van der Waals surface area contributed by atoms with Crippen molar-refractivity contribution in [3.05, 3.63) is 21.3 Å². The van der Waals surface area contributed by atoms with E-state index >= 15 is 0 Å². The number of nitrogens with two attached hydrogens (primary N) is 1. The zero-order chi connectivity index (χ0) is 13.9. The summed E-state index contributed by atoms with van der Waals surface area (Å²) in [7, 11) is 0. The highest BCUT2D eigenvalue weighted by Gasteiger charge is 2.39. The molecule has 0 aromatic carbocycles. The molecule has 19 heavy (non-hydrogen) atoms. The third-order valence-electron chi connectivity index (χ3n) is 4.53. The molecule has 108 valence electrons. The Morgan fingerprint density at radius 1 is 1.47 bits per heavy atom. The molecule has 2 heterocycles. The van der Waals surface area contributed by atoms with Gasteiger partial charge in [0.05, 0.1) is 4.34 Å². The summed E-state index contributed by atoms with van der Waals surface area (Å²) < 4.78 is 0.852. The standard InChI is InChI=1S/C14H24ClN3S/c1-3-14(2,18-8-4-5-9-18)12(17-16)10-11-6-7-13(15)19-11/h6-7,12,17H,3-5,8-10,16H2,1-2H3. The van der Waals surface area contributed by atoms with Crippen molar-refractivity contribution in [2.45, 2.75) is 51.1 Å². The van der Waals surface area contributed by atoms with E-state index in [0.717, 1.165) is 17.2 Å². The maximum Gasteiger partial charge on any atom is 0.0931 e. The minimum absolute atomic E-state index is 0.113. The molecule has 0 aliphatic carbocycles. The molecule has 1 saturated heterocycles. The van der Waals surface area contributed by atoms with E-state index in [4.69, 9.17) is 17.4 Å². The van der Waals surface area contributed by atoms with Crippen LogP contribution in [0.1, 0.15) is 38.0 Å². The Morgan fingerprint density at radius 3 is 2.63 bits per heavy atom. The van der Waals surface area contributed by atoms with Crippen LogP contribution in [0.2, 0.25) is 4.34 Å². The second-order valence-electron chi connectivity index (χ2n) is 5.53. The average Bonchev–Trinajstić information content (AvgIpc) is 3.06. The summed E-state index contributed by atoms with van der Waals surface area (Å²) in [5, 5.41) is 0. The number of hydrogen-bond donors (Lipinski definition) is 2.